The smallest absolute Gasteiger partial charge is 0.170 e. The fourth-order valence-electron chi connectivity index (χ4n) is 6.08. The number of carbonyl (C=O) groups is 1. The van der Waals surface area contributed by atoms with E-state index in [0.29, 0.717) is 23.5 Å². The van der Waals surface area contributed by atoms with Crippen molar-refractivity contribution in [1.29, 1.82) is 0 Å². The van der Waals surface area contributed by atoms with Crippen molar-refractivity contribution in [3.05, 3.63) is 47.0 Å². The zero-order chi connectivity index (χ0) is 15.4. The average molecular weight is 306 g/mol. The molecule has 0 aliphatic heterocycles. The Balaban J connectivity index is 1.59. The Bertz CT molecular complexity index is 679. The van der Waals surface area contributed by atoms with Crippen LogP contribution in [0.2, 0.25) is 0 Å². The van der Waals surface area contributed by atoms with Gasteiger partial charge in [-0.2, -0.15) is 0 Å². The highest BCUT2D eigenvalue weighted by Crippen LogP contribution is 2.58. The number of allylic oxidation sites excluding steroid dienone is 2. The number of hydrogen-bond acceptors (Lipinski definition) is 1. The fourth-order valence-corrected chi connectivity index (χ4v) is 6.08. The van der Waals surface area contributed by atoms with Crippen molar-refractivity contribution in [2.75, 3.05) is 0 Å². The molecule has 1 nitrogen and oxygen atoms in total. The highest BCUT2D eigenvalue weighted by Gasteiger charge is 2.55. The number of Topliss-reactive ketones (excluding diaryl/α,β-unsaturated/α-hetero) is 1. The number of carbonyl (C=O) groups excluding carboxylic acids is 1. The summed E-state index contributed by atoms with van der Waals surface area (Å²) in [5.41, 5.74) is 3.86. The first kappa shape index (κ1) is 14.0. The van der Waals surface area contributed by atoms with Crippen molar-refractivity contribution in [3.8, 4) is 0 Å². The molecule has 4 aliphatic rings. The number of rotatable bonds is 1. The van der Waals surface area contributed by atoms with Gasteiger partial charge in [0.1, 0.15) is 0 Å². The molecule has 0 N–H and O–H groups in total. The van der Waals surface area contributed by atoms with E-state index in [1.807, 2.05) is 0 Å². The van der Waals surface area contributed by atoms with Gasteiger partial charge in [-0.15, -0.1) is 0 Å². The molecule has 1 aromatic carbocycles. The number of fused-ring (bicyclic) bond motifs is 4. The molecule has 0 heterocycles. The quantitative estimate of drug-likeness (QED) is 0.631. The Hall–Kier alpha value is -1.37. The second-order valence-electron chi connectivity index (χ2n) is 8.39. The number of ketones is 1. The summed E-state index contributed by atoms with van der Waals surface area (Å²) in [5, 5.41) is 0. The molecule has 1 heteroatoms. The van der Waals surface area contributed by atoms with Crippen LogP contribution in [0, 0.1) is 17.3 Å². The molecule has 3 unspecified atom stereocenters. The van der Waals surface area contributed by atoms with Crippen LogP contribution in [-0.2, 0) is 6.42 Å². The number of hydrogen-bond donors (Lipinski definition) is 0. The average Bonchev–Trinajstić information content (AvgIpc) is 3.20. The molecule has 120 valence electrons. The highest BCUT2D eigenvalue weighted by molar-refractivity contribution is 6.05. The first-order chi connectivity index (χ1) is 11.3. The summed E-state index contributed by atoms with van der Waals surface area (Å²) < 4.78 is 0. The van der Waals surface area contributed by atoms with Gasteiger partial charge in [0.2, 0.25) is 0 Å². The largest absolute Gasteiger partial charge is 0.294 e. The minimum absolute atomic E-state index is 0.0445. The van der Waals surface area contributed by atoms with E-state index in [4.69, 9.17) is 0 Å². The van der Waals surface area contributed by atoms with E-state index in [1.165, 1.54) is 49.7 Å². The van der Waals surface area contributed by atoms with Crippen LogP contribution in [0.25, 0.3) is 0 Å². The maximum Gasteiger partial charge on any atom is 0.170 e. The van der Waals surface area contributed by atoms with Gasteiger partial charge in [-0.3, -0.25) is 4.79 Å². The van der Waals surface area contributed by atoms with E-state index in [0.717, 1.165) is 24.8 Å². The van der Waals surface area contributed by atoms with Gasteiger partial charge in [0.05, 0.1) is 0 Å². The van der Waals surface area contributed by atoms with Crippen LogP contribution < -0.4 is 0 Å². The number of benzene rings is 1. The van der Waals surface area contributed by atoms with Crippen LogP contribution >= 0.6 is 0 Å². The van der Waals surface area contributed by atoms with Gasteiger partial charge < -0.3 is 0 Å². The zero-order valence-corrected chi connectivity index (χ0v) is 13.9. The van der Waals surface area contributed by atoms with Crippen LogP contribution in [0.15, 0.2) is 30.4 Å². The van der Waals surface area contributed by atoms with E-state index < -0.39 is 0 Å². The Kier molecular flexibility index (Phi) is 3.08. The van der Waals surface area contributed by atoms with Crippen LogP contribution in [0.5, 0.6) is 0 Å². The molecule has 2 bridgehead atoms. The van der Waals surface area contributed by atoms with E-state index in [1.54, 1.807) is 0 Å². The minimum Gasteiger partial charge on any atom is -0.294 e. The molecule has 2 fully saturated rings. The molecule has 5 rings (SSSR count). The second kappa shape index (κ2) is 5.06. The zero-order valence-electron chi connectivity index (χ0n) is 13.9. The van der Waals surface area contributed by atoms with Gasteiger partial charge in [0.25, 0.3) is 0 Å². The first-order valence-corrected chi connectivity index (χ1v) is 9.63. The van der Waals surface area contributed by atoms with Gasteiger partial charge in [-0.1, -0.05) is 49.6 Å². The Morgan fingerprint density at radius 1 is 1.04 bits per heavy atom. The molecule has 1 aromatic rings. The maximum absolute atomic E-state index is 13.7. The lowest BCUT2D eigenvalue weighted by molar-refractivity contribution is 0.0700. The van der Waals surface area contributed by atoms with Crippen molar-refractivity contribution in [2.24, 2.45) is 17.3 Å². The van der Waals surface area contributed by atoms with Crippen molar-refractivity contribution in [1.82, 2.24) is 0 Å². The lowest BCUT2D eigenvalue weighted by Crippen LogP contribution is -2.40. The molecule has 0 saturated heterocycles. The molecule has 0 amide bonds. The third kappa shape index (κ3) is 1.95. The second-order valence-corrected chi connectivity index (χ2v) is 8.39. The fraction of sp³-hybridized carbons (Fsp3) is 0.591. The molecule has 23 heavy (non-hydrogen) atoms. The van der Waals surface area contributed by atoms with Crippen LogP contribution in [0.1, 0.15) is 78.8 Å². The van der Waals surface area contributed by atoms with Gasteiger partial charge >= 0.3 is 0 Å². The van der Waals surface area contributed by atoms with Gasteiger partial charge in [-0.05, 0) is 67.4 Å². The molecule has 1 spiro atoms. The summed E-state index contributed by atoms with van der Waals surface area (Å²) in [5.74, 6) is 2.34. The van der Waals surface area contributed by atoms with E-state index >= 15 is 0 Å². The summed E-state index contributed by atoms with van der Waals surface area (Å²) in [6.07, 6.45) is 15.9. The molecule has 2 saturated carbocycles. The summed E-state index contributed by atoms with van der Waals surface area (Å²) in [7, 11) is 0. The summed E-state index contributed by atoms with van der Waals surface area (Å²) in [6.45, 7) is 0. The Morgan fingerprint density at radius 3 is 2.65 bits per heavy atom. The SMILES string of the molecule is O=C1c2c(cccc2C2CCCCC2)CCC12CC1C=CC2C1. The van der Waals surface area contributed by atoms with Crippen LogP contribution in [0.4, 0.5) is 0 Å². The van der Waals surface area contributed by atoms with Crippen LogP contribution in [0.3, 0.4) is 0 Å². The van der Waals surface area contributed by atoms with Crippen molar-refractivity contribution in [2.45, 2.75) is 63.7 Å². The third-order valence-corrected chi connectivity index (χ3v) is 7.26. The van der Waals surface area contributed by atoms with Gasteiger partial charge in [0, 0.05) is 11.0 Å². The molecule has 3 atom stereocenters. The topological polar surface area (TPSA) is 17.1 Å². The third-order valence-electron chi connectivity index (χ3n) is 7.26. The first-order valence-electron chi connectivity index (χ1n) is 9.63. The Morgan fingerprint density at radius 2 is 1.91 bits per heavy atom. The Labute approximate surface area is 139 Å². The van der Waals surface area contributed by atoms with E-state index in [2.05, 4.69) is 30.4 Å². The monoisotopic (exact) mass is 306 g/mol. The number of aryl methyl sites for hydroxylation is 1. The minimum atomic E-state index is -0.0445. The van der Waals surface area contributed by atoms with Crippen molar-refractivity contribution < 1.29 is 4.79 Å². The molecule has 0 aromatic heterocycles. The summed E-state index contributed by atoms with van der Waals surface area (Å²) >= 11 is 0. The molecule has 4 aliphatic carbocycles. The van der Waals surface area contributed by atoms with Crippen molar-refractivity contribution >= 4 is 5.78 Å². The highest BCUT2D eigenvalue weighted by atomic mass is 16.1. The van der Waals surface area contributed by atoms with Crippen LogP contribution in [-0.4, -0.2) is 5.78 Å². The lowest BCUT2D eigenvalue weighted by Gasteiger charge is -2.40. The molecule has 0 radical (unpaired) electrons. The van der Waals surface area contributed by atoms with Gasteiger partial charge in [0.15, 0.2) is 5.78 Å². The summed E-state index contributed by atoms with van der Waals surface area (Å²) in [6, 6.07) is 6.69. The van der Waals surface area contributed by atoms with Gasteiger partial charge in [-0.25, -0.2) is 0 Å². The van der Waals surface area contributed by atoms with E-state index in [9.17, 15) is 4.79 Å². The normalized spacial score (nSPS) is 35.9. The predicted molar refractivity (Wildman–Crippen MR) is 92.7 cm³/mol. The summed E-state index contributed by atoms with van der Waals surface area (Å²) in [4.78, 5) is 13.7. The van der Waals surface area contributed by atoms with Crippen molar-refractivity contribution in [3.63, 3.8) is 0 Å². The molecular formula is C22H26O. The van der Waals surface area contributed by atoms with E-state index in [-0.39, 0.29) is 5.41 Å². The maximum atomic E-state index is 13.7. The lowest BCUT2D eigenvalue weighted by atomic mass is 9.62. The molecular weight excluding hydrogens is 280 g/mol. The predicted octanol–water partition coefficient (Wildman–Crippen LogP) is 5.45. The standard InChI is InChI=1S/C22H26O/c23-21-20-17(7-4-8-19(20)16-5-2-1-3-6-16)11-12-22(21)14-15-9-10-18(22)13-15/h4,7-10,15-16,18H,1-3,5-6,11-14H2.